The second-order valence-corrected chi connectivity index (χ2v) is 6.17. The van der Waals surface area contributed by atoms with Gasteiger partial charge in [-0.2, -0.15) is 0 Å². The molecule has 1 aliphatic heterocycles. The number of Topliss-reactive ketones (excluding diaryl/α,β-unsaturated/α-hetero) is 1. The topological polar surface area (TPSA) is 140 Å². The number of aliphatic hydroxyl groups is 1. The predicted octanol–water partition coefficient (Wildman–Crippen LogP) is 0.814. The van der Waals surface area contributed by atoms with Crippen LogP contribution in [0.5, 0.6) is 0 Å². The van der Waals surface area contributed by atoms with E-state index in [0.717, 1.165) is 0 Å². The van der Waals surface area contributed by atoms with Crippen molar-refractivity contribution in [2.24, 2.45) is 0 Å². The van der Waals surface area contributed by atoms with Crippen LogP contribution in [0.1, 0.15) is 20.3 Å². The Hall–Kier alpha value is -2.55. The fraction of sp³-hybridized carbons (Fsp3) is 0.250. The second-order valence-electron chi connectivity index (χ2n) is 6.17. The quantitative estimate of drug-likeness (QED) is 0.293. The maximum absolute atomic E-state index is 11.2. The molecule has 0 bridgehead atoms. The number of carbonyl (C=O) groups excluding carboxylic acids is 1. The summed E-state index contributed by atoms with van der Waals surface area (Å²) in [5.74, 6) is -0.157. The number of hydrogen-bond acceptors (Lipinski definition) is 6. The molecule has 170 valence electrons. The molecule has 11 nitrogen and oxygen atoms in total. The van der Waals surface area contributed by atoms with Crippen LogP contribution in [0, 0.1) is 32.2 Å². The van der Waals surface area contributed by atoms with Crippen LogP contribution in [0.2, 0.25) is 0 Å². The zero-order valence-electron chi connectivity index (χ0n) is 18.0. The Morgan fingerprint density at radius 1 is 1.00 bits per heavy atom. The van der Waals surface area contributed by atoms with Gasteiger partial charge in [0.25, 0.3) is 7.12 Å². The van der Waals surface area contributed by atoms with E-state index in [1.165, 1.54) is 6.42 Å². The molecule has 1 fully saturated rings. The molecule has 0 amide bonds. The molecule has 4 heterocycles. The SMILES string of the molecule is CC[C@H](O)[C@@H]1O[C](C)[CH][CH]C1=O.[C-]#[O+].[C-]#[O+].[Mo+2].c1cnn([B-](n2cccn2)n2cccn2)c1. The normalized spacial score (nSPS) is 16.0. The van der Waals surface area contributed by atoms with Gasteiger partial charge in [-0.1, -0.05) is 6.92 Å². The van der Waals surface area contributed by atoms with Crippen LogP contribution in [0.4, 0.5) is 0 Å². The third-order valence-corrected chi connectivity index (χ3v) is 4.13. The number of ketones is 1. The van der Waals surface area contributed by atoms with Gasteiger partial charge in [-0.3, -0.25) is 4.79 Å². The van der Waals surface area contributed by atoms with E-state index in [1.54, 1.807) is 45.7 Å². The molecule has 4 radical (unpaired) electrons. The number of carbonyl (C=O) groups is 1. The van der Waals surface area contributed by atoms with Crippen LogP contribution in [-0.2, 0) is 39.9 Å². The maximum Gasteiger partial charge on any atom is 2.00 e. The number of hydrogen-bond donors (Lipinski definition) is 1. The molecule has 0 saturated carbocycles. The summed E-state index contributed by atoms with van der Waals surface area (Å²) < 4.78 is 25.6. The summed E-state index contributed by atoms with van der Waals surface area (Å²) in [5, 5.41) is 22.0. The molecular formula is C20H22BMoN6O5+. The minimum Gasteiger partial charge on any atom is -0.425 e. The summed E-state index contributed by atoms with van der Waals surface area (Å²) in [6.07, 6.45) is 13.7. The first-order chi connectivity index (χ1) is 15.6. The van der Waals surface area contributed by atoms with E-state index in [9.17, 15) is 9.90 Å². The maximum atomic E-state index is 11.2. The van der Waals surface area contributed by atoms with Crippen LogP contribution in [0.25, 0.3) is 0 Å². The summed E-state index contributed by atoms with van der Waals surface area (Å²) in [7, 11) is -0.194. The third-order valence-electron chi connectivity index (χ3n) is 4.13. The summed E-state index contributed by atoms with van der Waals surface area (Å²) in [6, 6.07) is 5.62. The van der Waals surface area contributed by atoms with Crippen molar-refractivity contribution in [1.29, 1.82) is 0 Å². The van der Waals surface area contributed by atoms with Gasteiger partial charge in [0.15, 0.2) is 5.78 Å². The van der Waals surface area contributed by atoms with Crippen molar-refractivity contribution in [2.45, 2.75) is 32.5 Å². The molecular weight excluding hydrogens is 511 g/mol. The van der Waals surface area contributed by atoms with Gasteiger partial charge >= 0.3 is 43.7 Å². The Balaban J connectivity index is 0.000000542. The molecule has 2 atom stereocenters. The van der Waals surface area contributed by atoms with Crippen molar-refractivity contribution >= 4 is 12.9 Å². The number of aliphatic hydroxyl groups excluding tert-OH is 1. The van der Waals surface area contributed by atoms with Crippen LogP contribution in [-0.4, -0.2) is 59.3 Å². The molecule has 0 unspecified atom stereocenters. The third kappa shape index (κ3) is 9.08. The van der Waals surface area contributed by atoms with Crippen LogP contribution < -0.4 is 0 Å². The van der Waals surface area contributed by atoms with Crippen molar-refractivity contribution in [2.75, 3.05) is 0 Å². The van der Waals surface area contributed by atoms with Crippen molar-refractivity contribution in [3.8, 4) is 0 Å². The van der Waals surface area contributed by atoms with Crippen LogP contribution in [0.15, 0.2) is 55.4 Å². The predicted molar refractivity (Wildman–Crippen MR) is 110 cm³/mol. The molecule has 1 aliphatic rings. The van der Waals surface area contributed by atoms with E-state index in [4.69, 9.17) is 14.0 Å². The molecule has 0 aromatic carbocycles. The zero-order chi connectivity index (χ0) is 23.9. The number of ether oxygens (including phenoxy) is 1. The standard InChI is InChI=1S/C9H9BN6.C9H13O3.2CO.Mo/c1-4-11-14(7-1)10(15-8-2-5-12-15)16-9-3-6-13-16;1-3-7(10)9-8(11)5-4-6(2)12-9;2*1-2;/h1-9H;4-5,7,9-10H,3H2,1-2H3;;;/q-1;;;;+2/t;7-,9-;;;/m.0.../s1. The monoisotopic (exact) mass is 535 g/mol. The zero-order valence-corrected chi connectivity index (χ0v) is 20.0. The Bertz CT molecular complexity index is 830. The van der Waals surface area contributed by atoms with Crippen LogP contribution in [0.3, 0.4) is 0 Å². The van der Waals surface area contributed by atoms with Gasteiger partial charge in [-0.05, 0) is 50.1 Å². The molecule has 3 aromatic heterocycles. The first-order valence-corrected chi connectivity index (χ1v) is 9.38. The van der Waals surface area contributed by atoms with Crippen molar-refractivity contribution < 1.29 is 45.0 Å². The van der Waals surface area contributed by atoms with Gasteiger partial charge in [0, 0.05) is 31.4 Å². The van der Waals surface area contributed by atoms with Gasteiger partial charge < -0.3 is 23.6 Å². The van der Waals surface area contributed by atoms with E-state index >= 15 is 0 Å². The number of aromatic nitrogens is 6. The van der Waals surface area contributed by atoms with Gasteiger partial charge in [0.05, 0.1) is 12.2 Å². The van der Waals surface area contributed by atoms with E-state index in [2.05, 4.69) is 28.6 Å². The fourth-order valence-electron chi connectivity index (χ4n) is 2.69. The largest absolute Gasteiger partial charge is 2.00 e. The molecule has 0 aliphatic carbocycles. The van der Waals surface area contributed by atoms with Crippen molar-refractivity contribution in [3.05, 3.63) is 87.6 Å². The van der Waals surface area contributed by atoms with Crippen LogP contribution >= 0.6 is 0 Å². The molecule has 33 heavy (non-hydrogen) atoms. The van der Waals surface area contributed by atoms with Crippen molar-refractivity contribution in [3.63, 3.8) is 0 Å². The summed E-state index contributed by atoms with van der Waals surface area (Å²) in [6.45, 7) is 12.6. The number of nitrogens with zero attached hydrogens (tertiary/aromatic N) is 6. The van der Waals surface area contributed by atoms with Gasteiger partial charge in [-0.25, -0.2) is 15.3 Å². The smallest absolute Gasteiger partial charge is 0.425 e. The van der Waals surface area contributed by atoms with Crippen molar-refractivity contribution in [1.82, 2.24) is 29.1 Å². The average Bonchev–Trinajstić information content (AvgIpc) is 3.63. The summed E-state index contributed by atoms with van der Waals surface area (Å²) in [5.41, 5.74) is 0. The molecule has 0 spiro atoms. The first-order valence-electron chi connectivity index (χ1n) is 9.38. The first kappa shape index (κ1) is 30.5. The molecule has 1 N–H and O–H groups in total. The minimum atomic E-state index is -0.697. The molecule has 3 aromatic rings. The minimum absolute atomic E-state index is 0. The Morgan fingerprint density at radius 2 is 1.42 bits per heavy atom. The van der Waals surface area contributed by atoms with E-state index in [1.807, 2.05) is 43.7 Å². The Labute approximate surface area is 207 Å². The summed E-state index contributed by atoms with van der Waals surface area (Å²) >= 11 is 0. The van der Waals surface area contributed by atoms with Gasteiger partial charge in [-0.15, -0.1) is 0 Å². The summed E-state index contributed by atoms with van der Waals surface area (Å²) in [4.78, 5) is 11.2. The second kappa shape index (κ2) is 17.0. The molecule has 4 rings (SSSR count). The molecule has 1 saturated heterocycles. The van der Waals surface area contributed by atoms with E-state index < -0.39 is 12.2 Å². The number of rotatable bonds is 5. The Morgan fingerprint density at radius 3 is 1.76 bits per heavy atom. The fourth-order valence-corrected chi connectivity index (χ4v) is 2.69. The van der Waals surface area contributed by atoms with Gasteiger partial charge in [0.1, 0.15) is 6.10 Å². The van der Waals surface area contributed by atoms with E-state index in [0.29, 0.717) is 12.5 Å². The molecule has 13 heteroatoms. The van der Waals surface area contributed by atoms with Gasteiger partial charge in [0.2, 0.25) is 0 Å². The Kier molecular flexibility index (Phi) is 15.7. The van der Waals surface area contributed by atoms with E-state index in [-0.39, 0.29) is 34.0 Å². The average molecular weight is 533 g/mol.